The fraction of sp³-hybridized carbons (Fsp3) is 0.500. The molecule has 2 rings (SSSR count). The smallest absolute Gasteiger partial charge is 0.223 e. The van der Waals surface area contributed by atoms with Gasteiger partial charge in [0, 0.05) is 18.0 Å². The van der Waals surface area contributed by atoms with E-state index in [2.05, 4.69) is 17.2 Å². The number of benzene rings is 1. The van der Waals surface area contributed by atoms with Gasteiger partial charge in [0.15, 0.2) is 0 Å². The van der Waals surface area contributed by atoms with Crippen LogP contribution >= 0.6 is 0 Å². The summed E-state index contributed by atoms with van der Waals surface area (Å²) in [5.74, 6) is 5.88. The molecule has 1 aliphatic rings. The third-order valence-electron chi connectivity index (χ3n) is 3.93. The van der Waals surface area contributed by atoms with Crippen LogP contribution in [0, 0.1) is 17.8 Å². The van der Waals surface area contributed by atoms with Crippen LogP contribution < -0.4 is 5.32 Å². The Morgan fingerprint density at radius 2 is 2.00 bits per heavy atom. The van der Waals surface area contributed by atoms with E-state index in [-0.39, 0.29) is 18.4 Å². The van der Waals surface area contributed by atoms with Gasteiger partial charge in [0.1, 0.15) is 6.61 Å². The Bertz CT molecular complexity index is 520. The summed E-state index contributed by atoms with van der Waals surface area (Å²) < 4.78 is 0. The minimum absolute atomic E-state index is 0.136. The zero-order valence-electron chi connectivity index (χ0n) is 12.4. The molecule has 21 heavy (non-hydrogen) atoms. The van der Waals surface area contributed by atoms with Gasteiger partial charge >= 0.3 is 0 Å². The topological polar surface area (TPSA) is 49.3 Å². The maximum absolute atomic E-state index is 12.2. The lowest BCUT2D eigenvalue weighted by Gasteiger charge is -2.14. The molecule has 0 aromatic heterocycles. The Labute approximate surface area is 126 Å². The summed E-state index contributed by atoms with van der Waals surface area (Å²) in [7, 11) is 0. The van der Waals surface area contributed by atoms with Gasteiger partial charge in [-0.2, -0.15) is 0 Å². The molecule has 3 heteroatoms. The summed E-state index contributed by atoms with van der Waals surface area (Å²) in [5, 5.41) is 11.8. The highest BCUT2D eigenvalue weighted by molar-refractivity contribution is 5.78. The Hall–Kier alpha value is -1.79. The molecule has 0 heterocycles. The van der Waals surface area contributed by atoms with Crippen LogP contribution in [0.5, 0.6) is 0 Å². The van der Waals surface area contributed by atoms with Gasteiger partial charge in [-0.3, -0.25) is 4.79 Å². The van der Waals surface area contributed by atoms with Crippen LogP contribution in [0.4, 0.5) is 0 Å². The lowest BCUT2D eigenvalue weighted by molar-refractivity contribution is -0.125. The molecule has 0 saturated heterocycles. The molecule has 2 N–H and O–H groups in total. The van der Waals surface area contributed by atoms with Crippen LogP contribution in [0.15, 0.2) is 24.3 Å². The minimum Gasteiger partial charge on any atom is -0.384 e. The van der Waals surface area contributed by atoms with Crippen molar-refractivity contribution in [1.82, 2.24) is 5.32 Å². The molecule has 3 nitrogen and oxygen atoms in total. The highest BCUT2D eigenvalue weighted by Gasteiger charge is 2.19. The van der Waals surface area contributed by atoms with Crippen molar-refractivity contribution < 1.29 is 9.90 Å². The Balaban J connectivity index is 1.88. The van der Waals surface area contributed by atoms with E-state index in [0.29, 0.717) is 6.54 Å². The number of nitrogens with one attached hydrogen (secondary N) is 1. The average molecular weight is 285 g/mol. The fourth-order valence-corrected chi connectivity index (χ4v) is 2.78. The second-order valence-corrected chi connectivity index (χ2v) is 5.57. The molecule has 0 aliphatic heterocycles. The van der Waals surface area contributed by atoms with Crippen LogP contribution in [0.25, 0.3) is 0 Å². The van der Waals surface area contributed by atoms with E-state index >= 15 is 0 Å². The fourth-order valence-electron chi connectivity index (χ4n) is 2.78. The Morgan fingerprint density at radius 1 is 1.24 bits per heavy atom. The average Bonchev–Trinajstić information content (AvgIpc) is 2.80. The number of hydrogen-bond donors (Lipinski definition) is 2. The molecule has 1 aliphatic carbocycles. The first-order valence-electron chi connectivity index (χ1n) is 7.76. The van der Waals surface area contributed by atoms with Crippen LogP contribution in [0.3, 0.4) is 0 Å². The molecule has 1 amide bonds. The lowest BCUT2D eigenvalue weighted by Crippen LogP contribution is -2.30. The Morgan fingerprint density at radius 3 is 2.71 bits per heavy atom. The standard InChI is InChI=1S/C18H23NO2/c20-12-6-9-15-7-5-8-16(13-15)14-19-18(21)17-10-3-1-2-4-11-17/h5,7-8,13,17,20H,1-4,10-12,14H2,(H,19,21). The van der Waals surface area contributed by atoms with Gasteiger partial charge in [-0.1, -0.05) is 49.7 Å². The molecular formula is C18H23NO2. The lowest BCUT2D eigenvalue weighted by atomic mass is 9.99. The molecular weight excluding hydrogens is 262 g/mol. The molecule has 0 bridgehead atoms. The quantitative estimate of drug-likeness (QED) is 0.662. The van der Waals surface area contributed by atoms with Gasteiger partial charge in [-0.25, -0.2) is 0 Å². The maximum Gasteiger partial charge on any atom is 0.223 e. The summed E-state index contributed by atoms with van der Waals surface area (Å²) in [6, 6.07) is 7.77. The predicted octanol–water partition coefficient (Wildman–Crippen LogP) is 2.62. The molecule has 1 aromatic carbocycles. The maximum atomic E-state index is 12.2. The summed E-state index contributed by atoms with van der Waals surface area (Å²) >= 11 is 0. The van der Waals surface area contributed by atoms with E-state index < -0.39 is 0 Å². The number of amides is 1. The van der Waals surface area contributed by atoms with Crippen LogP contribution in [-0.4, -0.2) is 17.6 Å². The largest absolute Gasteiger partial charge is 0.384 e. The predicted molar refractivity (Wildman–Crippen MR) is 83.4 cm³/mol. The van der Waals surface area contributed by atoms with Gasteiger partial charge in [-0.15, -0.1) is 0 Å². The van der Waals surface area contributed by atoms with Crippen LogP contribution in [-0.2, 0) is 11.3 Å². The van der Waals surface area contributed by atoms with Crippen molar-refractivity contribution in [3.63, 3.8) is 0 Å². The van der Waals surface area contributed by atoms with Crippen molar-refractivity contribution >= 4 is 5.91 Å². The SMILES string of the molecule is O=C(NCc1cccc(C#CCO)c1)C1CCCCCC1. The molecule has 1 saturated carbocycles. The van der Waals surface area contributed by atoms with Crippen molar-refractivity contribution in [3.8, 4) is 11.8 Å². The second-order valence-electron chi connectivity index (χ2n) is 5.57. The molecule has 112 valence electrons. The monoisotopic (exact) mass is 285 g/mol. The van der Waals surface area contributed by atoms with E-state index in [1.165, 1.54) is 25.7 Å². The first-order valence-corrected chi connectivity index (χ1v) is 7.76. The highest BCUT2D eigenvalue weighted by Crippen LogP contribution is 2.22. The summed E-state index contributed by atoms with van der Waals surface area (Å²) in [4.78, 5) is 12.2. The number of hydrogen-bond acceptors (Lipinski definition) is 2. The summed E-state index contributed by atoms with van der Waals surface area (Å²) in [5.41, 5.74) is 1.91. The van der Waals surface area contributed by atoms with E-state index in [9.17, 15) is 4.79 Å². The first-order chi connectivity index (χ1) is 10.3. The normalized spacial score (nSPS) is 15.7. The molecule has 1 aromatic rings. The zero-order valence-corrected chi connectivity index (χ0v) is 12.4. The third-order valence-corrected chi connectivity index (χ3v) is 3.93. The molecule has 0 unspecified atom stereocenters. The van der Waals surface area contributed by atoms with Crippen molar-refractivity contribution in [3.05, 3.63) is 35.4 Å². The molecule has 1 fully saturated rings. The van der Waals surface area contributed by atoms with Crippen molar-refractivity contribution in [1.29, 1.82) is 0 Å². The van der Waals surface area contributed by atoms with Gasteiger partial charge in [0.05, 0.1) is 0 Å². The van der Waals surface area contributed by atoms with Gasteiger partial charge in [-0.05, 0) is 30.5 Å². The highest BCUT2D eigenvalue weighted by atomic mass is 16.2. The molecule has 0 spiro atoms. The van der Waals surface area contributed by atoms with Crippen LogP contribution in [0.2, 0.25) is 0 Å². The number of carbonyl (C=O) groups is 1. The van der Waals surface area contributed by atoms with E-state index in [0.717, 1.165) is 24.0 Å². The minimum atomic E-state index is -0.136. The third kappa shape index (κ3) is 5.24. The van der Waals surface area contributed by atoms with Crippen molar-refractivity contribution in [2.24, 2.45) is 5.92 Å². The number of carbonyl (C=O) groups excluding carboxylic acids is 1. The van der Waals surface area contributed by atoms with E-state index in [1.807, 2.05) is 24.3 Å². The summed E-state index contributed by atoms with van der Waals surface area (Å²) in [6.45, 7) is 0.409. The Kier molecular flexibility index (Phi) is 6.30. The van der Waals surface area contributed by atoms with Crippen LogP contribution in [0.1, 0.15) is 49.7 Å². The van der Waals surface area contributed by atoms with Gasteiger partial charge in [0.25, 0.3) is 0 Å². The van der Waals surface area contributed by atoms with E-state index in [1.54, 1.807) is 0 Å². The zero-order chi connectivity index (χ0) is 14.9. The van der Waals surface area contributed by atoms with Gasteiger partial charge < -0.3 is 10.4 Å². The van der Waals surface area contributed by atoms with Crippen molar-refractivity contribution in [2.75, 3.05) is 6.61 Å². The number of aliphatic hydroxyl groups is 1. The second kappa shape index (κ2) is 8.49. The number of rotatable bonds is 3. The van der Waals surface area contributed by atoms with E-state index in [4.69, 9.17) is 5.11 Å². The van der Waals surface area contributed by atoms with Crippen molar-refractivity contribution in [2.45, 2.75) is 45.1 Å². The number of aliphatic hydroxyl groups excluding tert-OH is 1. The summed E-state index contributed by atoms with van der Waals surface area (Å²) in [6.07, 6.45) is 6.90. The molecule has 0 atom stereocenters. The molecule has 0 radical (unpaired) electrons. The first kappa shape index (κ1) is 15.6. The van der Waals surface area contributed by atoms with Gasteiger partial charge in [0.2, 0.25) is 5.91 Å².